The Bertz CT molecular complexity index is 548. The molecule has 0 heterocycles. The second-order valence-corrected chi connectivity index (χ2v) is 4.29. The molecule has 0 aliphatic heterocycles. The van der Waals surface area contributed by atoms with Crippen LogP contribution < -0.4 is 11.3 Å². The quantitative estimate of drug-likeness (QED) is 0.662. The number of nitrogens with two attached hydrogens (primary N) is 1. The first-order chi connectivity index (χ1) is 9.02. The number of hydrogen-bond donors (Lipinski definition) is 2. The predicted molar refractivity (Wildman–Crippen MR) is 66.7 cm³/mol. The molecule has 0 fully saturated rings. The maximum atomic E-state index is 13.9. The van der Waals surface area contributed by atoms with Gasteiger partial charge in [-0.15, -0.1) is 0 Å². The lowest BCUT2D eigenvalue weighted by atomic mass is 9.97. The highest BCUT2D eigenvalue weighted by Gasteiger charge is 2.20. The minimum atomic E-state index is -0.874. The molecule has 0 saturated carbocycles. The summed E-state index contributed by atoms with van der Waals surface area (Å²) in [6.45, 7) is 1.75. The van der Waals surface area contributed by atoms with E-state index in [-0.39, 0.29) is 11.1 Å². The van der Waals surface area contributed by atoms with Crippen molar-refractivity contribution in [2.75, 3.05) is 0 Å². The smallest absolute Gasteiger partial charge is 0.131 e. The summed E-state index contributed by atoms with van der Waals surface area (Å²) >= 11 is 0. The van der Waals surface area contributed by atoms with Crippen molar-refractivity contribution < 1.29 is 13.2 Å². The van der Waals surface area contributed by atoms with Gasteiger partial charge < -0.3 is 0 Å². The van der Waals surface area contributed by atoms with Crippen molar-refractivity contribution in [3.63, 3.8) is 0 Å². The third kappa shape index (κ3) is 2.77. The number of aryl methyl sites for hydroxylation is 1. The molecule has 0 aromatic heterocycles. The molecule has 0 spiro atoms. The van der Waals surface area contributed by atoms with E-state index in [0.29, 0.717) is 0 Å². The van der Waals surface area contributed by atoms with Crippen LogP contribution >= 0.6 is 0 Å². The van der Waals surface area contributed by atoms with Crippen LogP contribution in [-0.4, -0.2) is 0 Å². The molecule has 0 bridgehead atoms. The summed E-state index contributed by atoms with van der Waals surface area (Å²) in [6.07, 6.45) is 0. The Labute approximate surface area is 109 Å². The van der Waals surface area contributed by atoms with E-state index in [1.807, 2.05) is 0 Å². The first-order valence-corrected chi connectivity index (χ1v) is 5.70. The van der Waals surface area contributed by atoms with Gasteiger partial charge in [0.2, 0.25) is 0 Å². The lowest BCUT2D eigenvalue weighted by Gasteiger charge is -2.18. The van der Waals surface area contributed by atoms with Gasteiger partial charge in [-0.05, 0) is 24.6 Å². The zero-order chi connectivity index (χ0) is 14.0. The molecule has 0 aliphatic rings. The van der Waals surface area contributed by atoms with Gasteiger partial charge in [0.25, 0.3) is 0 Å². The molecule has 2 nitrogen and oxygen atoms in total. The highest BCUT2D eigenvalue weighted by molar-refractivity contribution is 5.35. The average molecular weight is 266 g/mol. The molecule has 1 unspecified atom stereocenters. The Hall–Kier alpha value is -1.85. The van der Waals surface area contributed by atoms with Gasteiger partial charge in [0, 0.05) is 17.2 Å². The molecule has 0 amide bonds. The first kappa shape index (κ1) is 13.6. The van der Waals surface area contributed by atoms with E-state index in [0.717, 1.165) is 17.7 Å². The summed E-state index contributed by atoms with van der Waals surface area (Å²) in [5.41, 5.74) is 3.40. The molecule has 1 atom stereocenters. The molecular formula is C14H13F3N2. The Morgan fingerprint density at radius 1 is 0.947 bits per heavy atom. The first-order valence-electron chi connectivity index (χ1n) is 5.70. The molecule has 0 aliphatic carbocycles. The number of hydrogen-bond acceptors (Lipinski definition) is 2. The fourth-order valence-electron chi connectivity index (χ4n) is 1.95. The summed E-state index contributed by atoms with van der Waals surface area (Å²) in [4.78, 5) is 0. The monoisotopic (exact) mass is 266 g/mol. The van der Waals surface area contributed by atoms with Crippen molar-refractivity contribution in [1.29, 1.82) is 0 Å². The standard InChI is InChI=1S/C14H13F3N2/c1-8-2-4-10(12(16)6-8)14(19-18)11-5-3-9(15)7-13(11)17/h2-7,14,19H,18H2,1H3. The van der Waals surface area contributed by atoms with Gasteiger partial charge in [0.15, 0.2) is 0 Å². The number of rotatable bonds is 3. The predicted octanol–water partition coefficient (Wildman–Crippen LogP) is 2.97. The van der Waals surface area contributed by atoms with Crippen LogP contribution in [0.5, 0.6) is 0 Å². The molecule has 3 N–H and O–H groups in total. The van der Waals surface area contributed by atoms with E-state index in [4.69, 9.17) is 5.84 Å². The minimum absolute atomic E-state index is 0.0895. The van der Waals surface area contributed by atoms with Crippen molar-refractivity contribution in [3.8, 4) is 0 Å². The molecule has 0 radical (unpaired) electrons. The molecule has 5 heteroatoms. The van der Waals surface area contributed by atoms with E-state index in [2.05, 4.69) is 5.43 Å². The molecule has 19 heavy (non-hydrogen) atoms. The van der Waals surface area contributed by atoms with E-state index in [9.17, 15) is 13.2 Å². The fraction of sp³-hybridized carbons (Fsp3) is 0.143. The number of benzene rings is 2. The van der Waals surface area contributed by atoms with Crippen LogP contribution in [0.2, 0.25) is 0 Å². The molecule has 2 rings (SSSR count). The van der Waals surface area contributed by atoms with Crippen molar-refractivity contribution in [2.45, 2.75) is 13.0 Å². The highest BCUT2D eigenvalue weighted by atomic mass is 19.1. The maximum Gasteiger partial charge on any atom is 0.131 e. The van der Waals surface area contributed by atoms with Crippen molar-refractivity contribution in [2.24, 2.45) is 5.84 Å². The van der Waals surface area contributed by atoms with E-state index < -0.39 is 23.5 Å². The number of nitrogens with one attached hydrogen (secondary N) is 1. The summed E-state index contributed by atoms with van der Waals surface area (Å²) in [5, 5.41) is 0. The van der Waals surface area contributed by atoms with Crippen molar-refractivity contribution >= 4 is 0 Å². The second-order valence-electron chi connectivity index (χ2n) is 4.29. The van der Waals surface area contributed by atoms with Gasteiger partial charge in [-0.3, -0.25) is 5.84 Å². The Morgan fingerprint density at radius 3 is 2.05 bits per heavy atom. The zero-order valence-corrected chi connectivity index (χ0v) is 10.3. The zero-order valence-electron chi connectivity index (χ0n) is 10.3. The normalized spacial score (nSPS) is 12.5. The van der Waals surface area contributed by atoms with Crippen LogP contribution in [0, 0.1) is 24.4 Å². The van der Waals surface area contributed by atoms with Crippen LogP contribution in [-0.2, 0) is 0 Å². The third-order valence-electron chi connectivity index (χ3n) is 2.91. The topological polar surface area (TPSA) is 38.0 Å². The van der Waals surface area contributed by atoms with Crippen LogP contribution in [0.1, 0.15) is 22.7 Å². The van der Waals surface area contributed by atoms with Crippen LogP contribution in [0.15, 0.2) is 36.4 Å². The van der Waals surface area contributed by atoms with E-state index >= 15 is 0 Å². The number of hydrazine groups is 1. The molecule has 2 aromatic rings. The van der Waals surface area contributed by atoms with Crippen molar-refractivity contribution in [3.05, 3.63) is 70.5 Å². The lowest BCUT2D eigenvalue weighted by Crippen LogP contribution is -2.30. The molecule has 0 saturated heterocycles. The summed E-state index contributed by atoms with van der Waals surface area (Å²) in [6, 6.07) is 6.78. The van der Waals surface area contributed by atoms with E-state index in [1.54, 1.807) is 13.0 Å². The Balaban J connectivity index is 2.50. The summed E-state index contributed by atoms with van der Waals surface area (Å²) in [5.74, 6) is 3.41. The van der Waals surface area contributed by atoms with Gasteiger partial charge in [0.1, 0.15) is 17.5 Å². The Kier molecular flexibility index (Phi) is 3.87. The van der Waals surface area contributed by atoms with Gasteiger partial charge in [-0.25, -0.2) is 18.6 Å². The third-order valence-corrected chi connectivity index (χ3v) is 2.91. The SMILES string of the molecule is Cc1ccc(C(NN)c2ccc(F)cc2F)c(F)c1. The lowest BCUT2D eigenvalue weighted by molar-refractivity contribution is 0.522. The maximum absolute atomic E-state index is 13.9. The van der Waals surface area contributed by atoms with Gasteiger partial charge in [-0.1, -0.05) is 18.2 Å². The van der Waals surface area contributed by atoms with Crippen LogP contribution in [0.4, 0.5) is 13.2 Å². The summed E-state index contributed by atoms with van der Waals surface area (Å²) in [7, 11) is 0. The second kappa shape index (κ2) is 5.42. The number of halogens is 3. The average Bonchev–Trinajstić information content (AvgIpc) is 2.34. The van der Waals surface area contributed by atoms with E-state index in [1.165, 1.54) is 18.2 Å². The minimum Gasteiger partial charge on any atom is -0.271 e. The highest BCUT2D eigenvalue weighted by Crippen LogP contribution is 2.26. The van der Waals surface area contributed by atoms with Crippen LogP contribution in [0.3, 0.4) is 0 Å². The molecule has 2 aromatic carbocycles. The van der Waals surface area contributed by atoms with Crippen molar-refractivity contribution in [1.82, 2.24) is 5.43 Å². The fourth-order valence-corrected chi connectivity index (χ4v) is 1.95. The largest absolute Gasteiger partial charge is 0.271 e. The van der Waals surface area contributed by atoms with Crippen LogP contribution in [0.25, 0.3) is 0 Å². The summed E-state index contributed by atoms with van der Waals surface area (Å²) < 4.78 is 40.5. The molecule has 100 valence electrons. The molecular weight excluding hydrogens is 253 g/mol. The van der Waals surface area contributed by atoms with Gasteiger partial charge in [0.05, 0.1) is 6.04 Å². The Morgan fingerprint density at radius 2 is 1.53 bits per heavy atom. The van der Waals surface area contributed by atoms with Gasteiger partial charge >= 0.3 is 0 Å². The van der Waals surface area contributed by atoms with Gasteiger partial charge in [-0.2, -0.15) is 0 Å².